The van der Waals surface area contributed by atoms with Gasteiger partial charge in [0.05, 0.1) is 10.6 Å². The fourth-order valence-electron chi connectivity index (χ4n) is 2.29. The first-order valence-corrected chi connectivity index (χ1v) is 7.59. The number of carbonyl (C=O) groups excluding carboxylic acids is 1. The minimum Gasteiger partial charge on any atom is -0.308 e. The molecule has 0 amide bonds. The van der Waals surface area contributed by atoms with Crippen molar-refractivity contribution in [3.63, 3.8) is 0 Å². The summed E-state index contributed by atoms with van der Waals surface area (Å²) in [5, 5.41) is 6.85. The van der Waals surface area contributed by atoms with Crippen LogP contribution in [-0.2, 0) is 13.6 Å². The highest BCUT2D eigenvalue weighted by molar-refractivity contribution is 7.62. The van der Waals surface area contributed by atoms with Gasteiger partial charge < -0.3 is 9.05 Å². The van der Waals surface area contributed by atoms with Crippen LogP contribution in [0.25, 0.3) is 11.1 Å². The molecule has 1 heterocycles. The minimum absolute atomic E-state index is 0.159. The summed E-state index contributed by atoms with van der Waals surface area (Å²) in [6.45, 7) is 0. The molecule has 3 rings (SSSR count). The molecule has 1 aliphatic carbocycles. The lowest BCUT2D eigenvalue weighted by Crippen LogP contribution is -2.11. The van der Waals surface area contributed by atoms with Gasteiger partial charge in [0.1, 0.15) is 5.69 Å². The molecule has 1 N–H and O–H groups in total. The summed E-state index contributed by atoms with van der Waals surface area (Å²) in [5.41, 5.74) is 1.71. The standard InChI is InChI=1S/C12H10ClN2O4P/c1-18-20(17,19-2)12-9-6-4-3-5-7(13)8(6)11(16)10(9)14-15-12/h3-5H,1-2H3,(H,14,15). The van der Waals surface area contributed by atoms with Crippen molar-refractivity contribution in [2.24, 2.45) is 0 Å². The van der Waals surface area contributed by atoms with Gasteiger partial charge in [-0.1, -0.05) is 23.7 Å². The van der Waals surface area contributed by atoms with E-state index in [1.807, 2.05) is 0 Å². The van der Waals surface area contributed by atoms with Gasteiger partial charge in [-0.3, -0.25) is 14.5 Å². The van der Waals surface area contributed by atoms with Gasteiger partial charge in [0.15, 0.2) is 5.44 Å². The number of nitrogens with zero attached hydrogens (tertiary/aromatic N) is 1. The monoisotopic (exact) mass is 312 g/mol. The molecule has 0 aliphatic heterocycles. The van der Waals surface area contributed by atoms with Gasteiger partial charge in [0.2, 0.25) is 5.78 Å². The number of hydrogen-bond donors (Lipinski definition) is 1. The SMILES string of the molecule is COP(=O)(OC)c1[nH]nc2c1-c1cccc(Cl)c1C2=O. The zero-order valence-corrected chi connectivity index (χ0v) is 12.3. The van der Waals surface area contributed by atoms with Gasteiger partial charge in [-0.15, -0.1) is 0 Å². The van der Waals surface area contributed by atoms with Gasteiger partial charge in [-0.25, -0.2) is 0 Å². The molecule has 0 bridgehead atoms. The number of fused-ring (bicyclic) bond motifs is 3. The second-order valence-corrected chi connectivity index (χ2v) is 6.73. The van der Waals surface area contributed by atoms with Crippen LogP contribution < -0.4 is 5.44 Å². The predicted octanol–water partition coefficient (Wildman–Crippen LogP) is 2.39. The molecule has 0 saturated carbocycles. The molecule has 1 aromatic heterocycles. The van der Waals surface area contributed by atoms with Crippen LogP contribution in [0, 0.1) is 0 Å². The molecule has 20 heavy (non-hydrogen) atoms. The number of carbonyl (C=O) groups is 1. The van der Waals surface area contributed by atoms with Crippen molar-refractivity contribution >= 4 is 30.4 Å². The smallest absolute Gasteiger partial charge is 0.308 e. The number of aromatic nitrogens is 2. The van der Waals surface area contributed by atoms with E-state index < -0.39 is 7.60 Å². The number of hydrogen-bond acceptors (Lipinski definition) is 5. The highest BCUT2D eigenvalue weighted by atomic mass is 35.5. The third-order valence-corrected chi connectivity index (χ3v) is 5.37. The van der Waals surface area contributed by atoms with Crippen molar-refractivity contribution in [1.29, 1.82) is 0 Å². The zero-order chi connectivity index (χ0) is 14.5. The fourth-order valence-corrected chi connectivity index (χ4v) is 3.74. The largest absolute Gasteiger partial charge is 0.379 e. The van der Waals surface area contributed by atoms with Crippen LogP contribution >= 0.6 is 19.2 Å². The Balaban J connectivity index is 2.33. The van der Waals surface area contributed by atoms with Crippen molar-refractivity contribution in [1.82, 2.24) is 10.2 Å². The van der Waals surface area contributed by atoms with Crippen LogP contribution in [0.4, 0.5) is 0 Å². The lowest BCUT2D eigenvalue weighted by Gasteiger charge is -2.13. The number of halogens is 1. The number of benzene rings is 1. The van der Waals surface area contributed by atoms with Crippen LogP contribution in [0.2, 0.25) is 5.02 Å². The Labute approximate surface area is 119 Å². The highest BCUT2D eigenvalue weighted by Gasteiger charge is 2.40. The maximum atomic E-state index is 12.5. The number of rotatable bonds is 3. The highest BCUT2D eigenvalue weighted by Crippen LogP contribution is 2.50. The van der Waals surface area contributed by atoms with Gasteiger partial charge in [0.25, 0.3) is 0 Å². The second-order valence-electron chi connectivity index (χ2n) is 4.15. The molecule has 104 valence electrons. The van der Waals surface area contributed by atoms with E-state index in [-0.39, 0.29) is 16.9 Å². The van der Waals surface area contributed by atoms with Crippen LogP contribution in [0.5, 0.6) is 0 Å². The summed E-state index contributed by atoms with van der Waals surface area (Å²) in [5.74, 6) is -0.304. The molecule has 6 nitrogen and oxygen atoms in total. The summed E-state index contributed by atoms with van der Waals surface area (Å²) in [4.78, 5) is 12.3. The van der Waals surface area contributed by atoms with E-state index in [0.29, 0.717) is 21.7 Å². The Bertz CT molecular complexity index is 763. The average Bonchev–Trinajstić information content (AvgIpc) is 3.00. The molecule has 0 radical (unpaired) electrons. The number of nitrogens with one attached hydrogen (secondary N) is 1. The molecule has 8 heteroatoms. The van der Waals surface area contributed by atoms with E-state index in [0.717, 1.165) is 0 Å². The number of ketones is 1. The van der Waals surface area contributed by atoms with Crippen molar-refractivity contribution < 1.29 is 18.4 Å². The first-order valence-electron chi connectivity index (χ1n) is 5.67. The summed E-state index contributed by atoms with van der Waals surface area (Å²) in [7, 11) is -0.995. The van der Waals surface area contributed by atoms with E-state index in [4.69, 9.17) is 20.6 Å². The topological polar surface area (TPSA) is 81.3 Å². The van der Waals surface area contributed by atoms with E-state index in [1.165, 1.54) is 14.2 Å². The summed E-state index contributed by atoms with van der Waals surface area (Å²) in [6, 6.07) is 5.06. The third kappa shape index (κ3) is 1.63. The van der Waals surface area contributed by atoms with Crippen molar-refractivity contribution in [2.75, 3.05) is 14.2 Å². The lowest BCUT2D eigenvalue weighted by atomic mass is 10.1. The van der Waals surface area contributed by atoms with Crippen molar-refractivity contribution in [3.05, 3.63) is 34.5 Å². The molecular weight excluding hydrogens is 303 g/mol. The maximum absolute atomic E-state index is 12.5. The molecule has 0 unspecified atom stereocenters. The Hall–Kier alpha value is -1.46. The Morgan fingerprint density at radius 3 is 2.60 bits per heavy atom. The van der Waals surface area contributed by atoms with E-state index in [1.54, 1.807) is 18.2 Å². The molecule has 0 spiro atoms. The van der Waals surface area contributed by atoms with Crippen molar-refractivity contribution in [2.45, 2.75) is 0 Å². The first-order chi connectivity index (χ1) is 9.53. The summed E-state index contributed by atoms with van der Waals surface area (Å²) >= 11 is 6.06. The second kappa shape index (κ2) is 4.53. The minimum atomic E-state index is -3.54. The molecule has 0 saturated heterocycles. The zero-order valence-electron chi connectivity index (χ0n) is 10.6. The van der Waals surface area contributed by atoms with Gasteiger partial charge in [-0.2, -0.15) is 5.10 Å². The Morgan fingerprint density at radius 1 is 1.25 bits per heavy atom. The molecule has 0 fully saturated rings. The fraction of sp³-hybridized carbons (Fsp3) is 0.167. The Kier molecular flexibility index (Phi) is 3.06. The van der Waals surface area contributed by atoms with Crippen molar-refractivity contribution in [3.8, 4) is 11.1 Å². The van der Waals surface area contributed by atoms with Gasteiger partial charge in [-0.05, 0) is 11.6 Å². The van der Waals surface area contributed by atoms with Crippen LogP contribution in [0.1, 0.15) is 16.1 Å². The summed E-state index contributed by atoms with van der Waals surface area (Å²) in [6.07, 6.45) is 0. The molecule has 2 aromatic rings. The predicted molar refractivity (Wildman–Crippen MR) is 73.7 cm³/mol. The maximum Gasteiger partial charge on any atom is 0.379 e. The van der Waals surface area contributed by atoms with Crippen LogP contribution in [0.3, 0.4) is 0 Å². The van der Waals surface area contributed by atoms with E-state index in [9.17, 15) is 9.36 Å². The van der Waals surface area contributed by atoms with E-state index in [2.05, 4.69) is 10.2 Å². The normalized spacial score (nSPS) is 13.4. The molecule has 1 aromatic carbocycles. The third-order valence-electron chi connectivity index (χ3n) is 3.23. The quantitative estimate of drug-likeness (QED) is 0.751. The Morgan fingerprint density at radius 2 is 1.95 bits per heavy atom. The lowest BCUT2D eigenvalue weighted by molar-refractivity contribution is 0.103. The molecular formula is C12H10ClN2O4P. The summed E-state index contributed by atoms with van der Waals surface area (Å²) < 4.78 is 22.4. The van der Waals surface area contributed by atoms with Crippen LogP contribution in [0.15, 0.2) is 18.2 Å². The first kappa shape index (κ1) is 13.5. The average molecular weight is 313 g/mol. The number of aromatic amines is 1. The number of H-pyrrole nitrogens is 1. The van der Waals surface area contributed by atoms with Gasteiger partial charge >= 0.3 is 7.60 Å². The van der Waals surface area contributed by atoms with Crippen LogP contribution in [-0.4, -0.2) is 30.2 Å². The van der Waals surface area contributed by atoms with Gasteiger partial charge in [0, 0.05) is 19.8 Å². The van der Waals surface area contributed by atoms with E-state index >= 15 is 0 Å². The molecule has 0 atom stereocenters. The molecule has 1 aliphatic rings.